The van der Waals surface area contributed by atoms with Gasteiger partial charge in [-0.15, -0.1) is 0 Å². The van der Waals surface area contributed by atoms with Crippen LogP contribution in [0.4, 0.5) is 0 Å². The third-order valence-corrected chi connectivity index (χ3v) is 10.5. The zero-order chi connectivity index (χ0) is 41.5. The molecule has 0 saturated carbocycles. The second-order valence-corrected chi connectivity index (χ2v) is 17.0. The summed E-state index contributed by atoms with van der Waals surface area (Å²) in [5.74, 6) is -1.10. The predicted molar refractivity (Wildman–Crippen MR) is 231 cm³/mol. The molecule has 2 unspecified atom stereocenters. The van der Waals surface area contributed by atoms with Gasteiger partial charge in [-0.25, -0.2) is 9.59 Å². The monoisotopic (exact) mass is 826 g/mol. The summed E-state index contributed by atoms with van der Waals surface area (Å²) in [6, 6.07) is 26.9. The Bertz CT molecular complexity index is 2190. The number of nitrogens with one attached hydrogen (secondary N) is 4. The lowest BCUT2D eigenvalue weighted by molar-refractivity contribution is -0.175. The summed E-state index contributed by atoms with van der Waals surface area (Å²) in [4.78, 5) is 33.8. The van der Waals surface area contributed by atoms with E-state index in [2.05, 4.69) is 60.4 Å². The summed E-state index contributed by atoms with van der Waals surface area (Å²) in [6.07, 6.45) is 3.71. The number of fused-ring (bicyclic) bond motifs is 2. The highest BCUT2D eigenvalue weighted by molar-refractivity contribution is 6.31. The molecule has 306 valence electrons. The summed E-state index contributed by atoms with van der Waals surface area (Å²) in [7, 11) is 0. The number of hydrogen-bond acceptors (Lipinski definition) is 8. The Morgan fingerprint density at radius 1 is 0.621 bits per heavy atom. The van der Waals surface area contributed by atoms with Gasteiger partial charge in [-0.3, -0.25) is 0 Å². The van der Waals surface area contributed by atoms with E-state index in [1.807, 2.05) is 62.6 Å². The summed E-state index contributed by atoms with van der Waals surface area (Å²) in [5.41, 5.74) is 5.24. The van der Waals surface area contributed by atoms with Crippen LogP contribution in [0.2, 0.25) is 10.0 Å². The molecule has 2 atom stereocenters. The molecule has 0 saturated heterocycles. The Morgan fingerprint density at radius 2 is 1.02 bits per heavy atom. The van der Waals surface area contributed by atoms with Crippen molar-refractivity contribution in [3.8, 4) is 11.5 Å². The second-order valence-electron chi connectivity index (χ2n) is 16.1. The predicted octanol–water partition coefficient (Wildman–Crippen LogP) is 9.08. The smallest absolute Gasteiger partial charge is 0.417 e. The maximum atomic E-state index is 13.6. The summed E-state index contributed by atoms with van der Waals surface area (Å²) < 4.78 is 23.9. The molecule has 0 radical (unpaired) electrons. The van der Waals surface area contributed by atoms with Crippen molar-refractivity contribution in [1.82, 2.24) is 20.6 Å². The minimum Gasteiger partial charge on any atom is -0.489 e. The molecule has 0 fully saturated rings. The number of carbonyl (C=O) groups excluding carboxylic acids is 2. The van der Waals surface area contributed by atoms with Gasteiger partial charge in [0.1, 0.15) is 36.9 Å². The van der Waals surface area contributed by atoms with E-state index in [1.165, 1.54) is 0 Å². The van der Waals surface area contributed by atoms with Crippen LogP contribution in [0.1, 0.15) is 49.9 Å². The van der Waals surface area contributed by atoms with Gasteiger partial charge in [0.25, 0.3) is 0 Å². The topological polar surface area (TPSA) is 127 Å². The number of aryl methyl sites for hydroxylation is 2. The fraction of sp³-hybridized carbons (Fsp3) is 0.348. The van der Waals surface area contributed by atoms with Gasteiger partial charge in [0.2, 0.25) is 0 Å². The number of benzene rings is 4. The van der Waals surface area contributed by atoms with Crippen LogP contribution in [-0.4, -0.2) is 71.5 Å². The third kappa shape index (κ3) is 11.6. The number of rotatable bonds is 18. The largest absolute Gasteiger partial charge is 0.489 e. The van der Waals surface area contributed by atoms with Gasteiger partial charge in [-0.05, 0) is 125 Å². The number of esters is 2. The highest BCUT2D eigenvalue weighted by Gasteiger charge is 2.30. The fourth-order valence-corrected chi connectivity index (χ4v) is 7.45. The quantitative estimate of drug-likeness (QED) is 0.0500. The molecule has 58 heavy (non-hydrogen) atoms. The van der Waals surface area contributed by atoms with Gasteiger partial charge < -0.3 is 39.5 Å². The first-order valence-electron chi connectivity index (χ1n) is 19.4. The lowest BCUT2D eigenvalue weighted by atomic mass is 9.94. The van der Waals surface area contributed by atoms with Gasteiger partial charge in [-0.2, -0.15) is 0 Å². The fourth-order valence-electron chi connectivity index (χ4n) is 7.00. The zero-order valence-electron chi connectivity index (χ0n) is 33.8. The molecule has 0 amide bonds. The van der Waals surface area contributed by atoms with E-state index >= 15 is 0 Å². The minimum absolute atomic E-state index is 0.0242. The van der Waals surface area contributed by atoms with Crippen molar-refractivity contribution in [2.24, 2.45) is 0 Å². The number of aromatic nitrogens is 2. The average molecular weight is 828 g/mol. The molecule has 12 heteroatoms. The van der Waals surface area contributed by atoms with E-state index in [1.54, 1.807) is 36.4 Å². The van der Waals surface area contributed by atoms with Crippen LogP contribution in [0.3, 0.4) is 0 Å². The van der Waals surface area contributed by atoms with Crippen molar-refractivity contribution < 1.29 is 28.5 Å². The van der Waals surface area contributed by atoms with E-state index in [-0.39, 0.29) is 26.3 Å². The Hall–Kier alpha value is -5.00. The van der Waals surface area contributed by atoms with Crippen LogP contribution in [0, 0.1) is 13.8 Å². The molecular formula is C46H52Cl2N4O6. The maximum Gasteiger partial charge on any atom is 0.417 e. The number of para-hydroxylation sites is 2. The van der Waals surface area contributed by atoms with E-state index < -0.39 is 35.2 Å². The number of hydrogen-bond donors (Lipinski definition) is 4. The molecule has 0 aliphatic rings. The lowest BCUT2D eigenvalue weighted by Gasteiger charge is -2.30. The molecule has 0 spiro atoms. The van der Waals surface area contributed by atoms with Crippen molar-refractivity contribution in [2.45, 2.75) is 77.7 Å². The molecule has 0 bridgehead atoms. The Labute approximate surface area is 349 Å². The van der Waals surface area contributed by atoms with Gasteiger partial charge in [0.05, 0.1) is 0 Å². The Balaban J connectivity index is 1.14. The lowest BCUT2D eigenvalue weighted by Crippen LogP contribution is -2.49. The molecule has 6 rings (SSSR count). The molecule has 6 aromatic rings. The maximum absolute atomic E-state index is 13.6. The zero-order valence-corrected chi connectivity index (χ0v) is 35.4. The van der Waals surface area contributed by atoms with Gasteiger partial charge >= 0.3 is 11.9 Å². The summed E-state index contributed by atoms with van der Waals surface area (Å²) >= 11 is 12.4. The van der Waals surface area contributed by atoms with Crippen molar-refractivity contribution in [1.29, 1.82) is 0 Å². The molecule has 2 aromatic heterocycles. The van der Waals surface area contributed by atoms with Crippen LogP contribution in [0.15, 0.2) is 97.3 Å². The Morgan fingerprint density at radius 3 is 1.41 bits per heavy atom. The number of halogens is 2. The van der Waals surface area contributed by atoms with Gasteiger partial charge in [-0.1, -0.05) is 59.6 Å². The van der Waals surface area contributed by atoms with Crippen molar-refractivity contribution >= 4 is 56.9 Å². The van der Waals surface area contributed by atoms with Crippen LogP contribution in [0.5, 0.6) is 11.5 Å². The molecule has 4 N–H and O–H groups in total. The first-order chi connectivity index (χ1) is 27.6. The van der Waals surface area contributed by atoms with Crippen LogP contribution in [-0.2, 0) is 31.9 Å². The summed E-state index contributed by atoms with van der Waals surface area (Å²) in [6.45, 7) is 12.4. The van der Waals surface area contributed by atoms with Gasteiger partial charge in [0.15, 0.2) is 0 Å². The third-order valence-electron chi connectivity index (χ3n) is 10.1. The first kappa shape index (κ1) is 42.6. The molecule has 2 heterocycles. The van der Waals surface area contributed by atoms with Crippen molar-refractivity contribution in [2.75, 3.05) is 26.3 Å². The molecule has 10 nitrogen and oxygen atoms in total. The minimum atomic E-state index is -1.14. The number of ether oxygens (including phenoxy) is 4. The number of carbonyl (C=O) groups is 2. The molecule has 0 aliphatic heterocycles. The standard InChI is InChI=1S/C46H52Cl2N4O6/c1-29-19-33(47)15-17-41(29)55-27-35(25-51-45(3,4)21-31-23-49-39-13-9-7-11-37(31)39)57-43(53)44(54)58-36(28-56-42-18-16-34(48)20-30(42)2)26-52-46(5,6)22-32-24-50-40-14-10-8-12-38(32)40/h7-20,23-24,35-36,49-52H,21-22,25-28H2,1-6H3. The molecule has 0 aliphatic carbocycles. The van der Waals surface area contributed by atoms with Gasteiger partial charge in [0, 0.05) is 68.4 Å². The van der Waals surface area contributed by atoms with Crippen molar-refractivity contribution in [3.63, 3.8) is 0 Å². The Kier molecular flexibility index (Phi) is 13.8. The van der Waals surface area contributed by atoms with E-state index in [4.69, 9.17) is 42.1 Å². The van der Waals surface area contributed by atoms with Crippen LogP contribution < -0.4 is 20.1 Å². The first-order valence-corrected chi connectivity index (χ1v) is 20.2. The van der Waals surface area contributed by atoms with Crippen LogP contribution >= 0.6 is 23.2 Å². The van der Waals surface area contributed by atoms with Crippen LogP contribution in [0.25, 0.3) is 21.8 Å². The van der Waals surface area contributed by atoms with Crippen molar-refractivity contribution in [3.05, 3.63) is 130 Å². The van der Waals surface area contributed by atoms with E-state index in [0.717, 1.165) is 44.1 Å². The highest BCUT2D eigenvalue weighted by atomic mass is 35.5. The highest BCUT2D eigenvalue weighted by Crippen LogP contribution is 2.26. The SMILES string of the molecule is Cc1cc(Cl)ccc1OCC(CNC(C)(C)Cc1c[nH]c2ccccc12)OC(=O)C(=O)OC(CNC(C)(C)Cc1c[nH]c2ccccc12)COc1ccc(Cl)cc1C. The molecular weight excluding hydrogens is 775 g/mol. The number of aromatic amines is 2. The second kappa shape index (κ2) is 18.7. The normalized spacial score (nSPS) is 13.0. The number of H-pyrrole nitrogens is 2. The average Bonchev–Trinajstić information content (AvgIpc) is 3.78. The van der Waals surface area contributed by atoms with E-state index in [9.17, 15) is 9.59 Å². The van der Waals surface area contributed by atoms with E-state index in [0.29, 0.717) is 34.4 Å². The molecule has 4 aromatic carbocycles. The summed E-state index contributed by atoms with van der Waals surface area (Å²) in [5, 5.41) is 10.5.